The maximum absolute atomic E-state index is 11.6. The number of anilines is 1. The zero-order valence-electron chi connectivity index (χ0n) is 12.4. The highest BCUT2D eigenvalue weighted by Gasteiger charge is 2.15. The molecule has 0 fully saturated rings. The van der Waals surface area contributed by atoms with E-state index in [9.17, 15) is 8.42 Å². The van der Waals surface area contributed by atoms with Crippen molar-refractivity contribution in [1.29, 1.82) is 0 Å². The summed E-state index contributed by atoms with van der Waals surface area (Å²) < 4.78 is 29.7. The van der Waals surface area contributed by atoms with Crippen LogP contribution < -0.4 is 10.6 Å². The number of nitrogens with one attached hydrogen (secondary N) is 2. The molecule has 0 aliphatic rings. The molecular weight excluding hydrogens is 282 g/mol. The van der Waals surface area contributed by atoms with Crippen LogP contribution >= 0.6 is 0 Å². The minimum atomic E-state index is -3.22. The van der Waals surface area contributed by atoms with E-state index in [-0.39, 0.29) is 24.4 Å². The minimum Gasteiger partial charge on any atom is -0.406 e. The highest BCUT2D eigenvalue weighted by atomic mass is 32.2. The molecule has 0 saturated heterocycles. The largest absolute Gasteiger partial charge is 0.406 e. The number of aromatic nitrogens is 2. The van der Waals surface area contributed by atoms with E-state index in [1.807, 2.05) is 6.92 Å². The van der Waals surface area contributed by atoms with Crippen molar-refractivity contribution in [3.05, 3.63) is 5.89 Å². The maximum Gasteiger partial charge on any atom is 0.315 e. The summed E-state index contributed by atoms with van der Waals surface area (Å²) in [5.41, 5.74) is 0. The molecular formula is C11H23N5O3S. The summed E-state index contributed by atoms with van der Waals surface area (Å²) in [6.07, 6.45) is 1.02. The van der Waals surface area contributed by atoms with Gasteiger partial charge < -0.3 is 15.1 Å². The van der Waals surface area contributed by atoms with Gasteiger partial charge in [-0.3, -0.25) is 0 Å². The zero-order valence-corrected chi connectivity index (χ0v) is 13.2. The molecule has 2 N–H and O–H groups in total. The molecule has 0 aliphatic heterocycles. The highest BCUT2D eigenvalue weighted by molar-refractivity contribution is 7.89. The lowest BCUT2D eigenvalue weighted by molar-refractivity contribution is 0.423. The van der Waals surface area contributed by atoms with Gasteiger partial charge in [-0.15, -0.1) is 5.10 Å². The Bertz CT molecular complexity index is 500. The molecule has 0 saturated carbocycles. The topological polar surface area (TPSA) is 100 Å². The van der Waals surface area contributed by atoms with Crippen LogP contribution in [-0.2, 0) is 10.0 Å². The molecule has 1 unspecified atom stereocenters. The van der Waals surface area contributed by atoms with Gasteiger partial charge in [-0.25, -0.2) is 12.7 Å². The van der Waals surface area contributed by atoms with Crippen LogP contribution in [0.1, 0.15) is 32.2 Å². The summed E-state index contributed by atoms with van der Waals surface area (Å²) >= 11 is 0. The molecule has 1 aromatic rings. The second-order valence-corrected chi connectivity index (χ2v) is 6.95. The van der Waals surface area contributed by atoms with Crippen molar-refractivity contribution in [3.8, 4) is 0 Å². The Morgan fingerprint density at radius 2 is 2.00 bits per heavy atom. The van der Waals surface area contributed by atoms with Crippen molar-refractivity contribution >= 4 is 16.0 Å². The van der Waals surface area contributed by atoms with Crippen LogP contribution in [0.4, 0.5) is 6.01 Å². The van der Waals surface area contributed by atoms with E-state index in [1.165, 1.54) is 18.4 Å². The molecule has 0 aliphatic carbocycles. The van der Waals surface area contributed by atoms with Gasteiger partial charge in [-0.2, -0.15) is 0 Å². The first kappa shape index (κ1) is 16.9. The van der Waals surface area contributed by atoms with Gasteiger partial charge in [0, 0.05) is 20.6 Å². The summed E-state index contributed by atoms with van der Waals surface area (Å²) in [5.74, 6) is 0.456. The number of sulfonamides is 1. The quantitative estimate of drug-likeness (QED) is 0.682. The molecule has 1 atom stereocenters. The summed E-state index contributed by atoms with van der Waals surface area (Å²) in [6.45, 7) is 5.10. The van der Waals surface area contributed by atoms with Crippen molar-refractivity contribution < 1.29 is 12.8 Å². The first-order chi connectivity index (χ1) is 9.36. The average Bonchev–Trinajstić information content (AvgIpc) is 2.84. The molecule has 116 valence electrons. The Labute approximate surface area is 120 Å². The zero-order chi connectivity index (χ0) is 15.2. The van der Waals surface area contributed by atoms with Crippen LogP contribution in [0.25, 0.3) is 0 Å². The van der Waals surface area contributed by atoms with Gasteiger partial charge in [0.05, 0.1) is 11.8 Å². The van der Waals surface area contributed by atoms with E-state index in [0.29, 0.717) is 5.89 Å². The van der Waals surface area contributed by atoms with Crippen molar-refractivity contribution in [2.75, 3.05) is 38.3 Å². The molecule has 0 bridgehead atoms. The lowest BCUT2D eigenvalue weighted by Gasteiger charge is -2.10. The van der Waals surface area contributed by atoms with Gasteiger partial charge in [-0.05, 0) is 19.9 Å². The fourth-order valence-electron chi connectivity index (χ4n) is 1.40. The van der Waals surface area contributed by atoms with Gasteiger partial charge in [0.25, 0.3) is 0 Å². The van der Waals surface area contributed by atoms with Gasteiger partial charge in [0.2, 0.25) is 15.9 Å². The smallest absolute Gasteiger partial charge is 0.315 e. The number of rotatable bonds is 9. The van der Waals surface area contributed by atoms with E-state index >= 15 is 0 Å². The molecule has 0 radical (unpaired) electrons. The standard InChI is InChI=1S/C11H23N5O3S/c1-5-6-12-9(2)10-14-15-11(19-10)13-7-8-20(17,18)16(3)4/h9,12H,5-8H2,1-4H3,(H,13,15). The number of hydrogen-bond acceptors (Lipinski definition) is 7. The first-order valence-corrected chi connectivity index (χ1v) is 8.18. The third-order valence-corrected chi connectivity index (χ3v) is 4.54. The van der Waals surface area contributed by atoms with Crippen LogP contribution in [0.2, 0.25) is 0 Å². The predicted molar refractivity (Wildman–Crippen MR) is 77.0 cm³/mol. The first-order valence-electron chi connectivity index (χ1n) is 6.57. The van der Waals surface area contributed by atoms with E-state index in [4.69, 9.17) is 4.42 Å². The SMILES string of the molecule is CCCNC(C)c1nnc(NCCS(=O)(=O)N(C)C)o1. The van der Waals surface area contributed by atoms with E-state index < -0.39 is 10.0 Å². The second-order valence-electron chi connectivity index (χ2n) is 4.65. The van der Waals surface area contributed by atoms with Gasteiger partial charge in [0.15, 0.2) is 0 Å². The highest BCUT2D eigenvalue weighted by Crippen LogP contribution is 2.13. The predicted octanol–water partition coefficient (Wildman–Crippen LogP) is 0.434. The number of nitrogens with zero attached hydrogens (tertiary/aromatic N) is 3. The van der Waals surface area contributed by atoms with Crippen molar-refractivity contribution in [1.82, 2.24) is 19.8 Å². The Hall–Kier alpha value is -1.19. The van der Waals surface area contributed by atoms with E-state index in [2.05, 4.69) is 27.8 Å². The normalized spacial score (nSPS) is 13.7. The van der Waals surface area contributed by atoms with E-state index in [0.717, 1.165) is 13.0 Å². The van der Waals surface area contributed by atoms with Crippen LogP contribution in [0.15, 0.2) is 4.42 Å². The van der Waals surface area contributed by atoms with E-state index in [1.54, 1.807) is 0 Å². The third-order valence-electron chi connectivity index (χ3n) is 2.70. The maximum atomic E-state index is 11.6. The monoisotopic (exact) mass is 305 g/mol. The van der Waals surface area contributed by atoms with Crippen molar-refractivity contribution in [3.63, 3.8) is 0 Å². The Balaban J connectivity index is 2.45. The summed E-state index contributed by atoms with van der Waals surface area (Å²) in [7, 11) is -0.219. The molecule has 9 heteroatoms. The fourth-order valence-corrected chi connectivity index (χ4v) is 2.12. The lowest BCUT2D eigenvalue weighted by Crippen LogP contribution is -2.28. The summed E-state index contributed by atoms with van der Waals surface area (Å²) in [6, 6.07) is 0.211. The Morgan fingerprint density at radius 3 is 2.60 bits per heavy atom. The molecule has 1 heterocycles. The van der Waals surface area contributed by atoms with Crippen LogP contribution in [-0.4, -0.2) is 55.9 Å². The summed E-state index contributed by atoms with van der Waals surface area (Å²) in [5, 5.41) is 13.8. The molecule has 1 aromatic heterocycles. The molecule has 20 heavy (non-hydrogen) atoms. The molecule has 8 nitrogen and oxygen atoms in total. The molecule has 0 aromatic carbocycles. The molecule has 1 rings (SSSR count). The number of hydrogen-bond donors (Lipinski definition) is 2. The molecule has 0 amide bonds. The van der Waals surface area contributed by atoms with Crippen LogP contribution in [0.5, 0.6) is 0 Å². The fraction of sp³-hybridized carbons (Fsp3) is 0.818. The molecule has 0 spiro atoms. The van der Waals surface area contributed by atoms with Crippen molar-refractivity contribution in [2.24, 2.45) is 0 Å². The Morgan fingerprint density at radius 1 is 1.30 bits per heavy atom. The lowest BCUT2D eigenvalue weighted by atomic mass is 10.3. The van der Waals surface area contributed by atoms with Gasteiger partial charge >= 0.3 is 6.01 Å². The minimum absolute atomic E-state index is 0.0245. The van der Waals surface area contributed by atoms with Crippen LogP contribution in [0, 0.1) is 0 Å². The van der Waals surface area contributed by atoms with Crippen molar-refractivity contribution in [2.45, 2.75) is 26.3 Å². The van der Waals surface area contributed by atoms with Gasteiger partial charge in [-0.1, -0.05) is 12.0 Å². The second kappa shape index (κ2) is 7.55. The average molecular weight is 305 g/mol. The van der Waals surface area contributed by atoms with Crippen LogP contribution in [0.3, 0.4) is 0 Å². The third kappa shape index (κ3) is 5.06. The summed E-state index contributed by atoms with van der Waals surface area (Å²) in [4.78, 5) is 0. The van der Waals surface area contributed by atoms with Gasteiger partial charge in [0.1, 0.15) is 0 Å². The Kier molecular flexibility index (Phi) is 6.37.